The number of aryl methyl sites for hydroxylation is 1. The van der Waals surface area contributed by atoms with E-state index in [1.165, 1.54) is 4.90 Å². The van der Waals surface area contributed by atoms with Crippen LogP contribution in [0, 0.1) is 0 Å². The highest BCUT2D eigenvalue weighted by Crippen LogP contribution is 2.28. The molecule has 3 amide bonds. The number of nitrogens with one attached hydrogen (secondary N) is 1. The van der Waals surface area contributed by atoms with Crippen LogP contribution in [0.4, 0.5) is 0 Å². The molecule has 1 aromatic rings. The number of benzene rings is 1. The first kappa shape index (κ1) is 15.2. The van der Waals surface area contributed by atoms with Gasteiger partial charge in [0.05, 0.1) is 0 Å². The third-order valence-corrected chi connectivity index (χ3v) is 4.22. The molecular formula is C16H16N2O5. The number of imide groups is 1. The number of carboxylic acids is 1. The van der Waals surface area contributed by atoms with Crippen molar-refractivity contribution < 1.29 is 24.3 Å². The minimum atomic E-state index is -0.887. The standard InChI is InChI=1S/C16H16N2O5/c19-13-5-4-12(15(22)17-13)18-8-10-3-1-9(2-6-14(20)21)7-11(10)16(18)23/h1,3,7,12H,2,4-6,8H2,(H,20,21)(H,17,19,22). The molecule has 1 atom stereocenters. The van der Waals surface area contributed by atoms with E-state index in [0.29, 0.717) is 24.9 Å². The van der Waals surface area contributed by atoms with E-state index < -0.39 is 17.9 Å². The summed E-state index contributed by atoms with van der Waals surface area (Å²) in [5, 5.41) is 11.0. The number of carbonyl (C=O) groups excluding carboxylic acids is 3. The number of rotatable bonds is 4. The van der Waals surface area contributed by atoms with Crippen molar-refractivity contribution in [3.63, 3.8) is 0 Å². The molecule has 3 rings (SSSR count). The van der Waals surface area contributed by atoms with E-state index in [1.54, 1.807) is 12.1 Å². The third-order valence-electron chi connectivity index (χ3n) is 4.22. The summed E-state index contributed by atoms with van der Waals surface area (Å²) in [4.78, 5) is 47.8. The van der Waals surface area contributed by atoms with Crippen molar-refractivity contribution in [1.29, 1.82) is 0 Å². The zero-order valence-electron chi connectivity index (χ0n) is 12.4. The second-order valence-corrected chi connectivity index (χ2v) is 5.79. The minimum Gasteiger partial charge on any atom is -0.481 e. The van der Waals surface area contributed by atoms with Gasteiger partial charge in [-0.3, -0.25) is 24.5 Å². The van der Waals surface area contributed by atoms with Gasteiger partial charge in [-0.2, -0.15) is 0 Å². The van der Waals surface area contributed by atoms with Crippen molar-refractivity contribution in [2.75, 3.05) is 0 Å². The Morgan fingerprint density at radius 3 is 2.78 bits per heavy atom. The van der Waals surface area contributed by atoms with Gasteiger partial charge in [-0.25, -0.2) is 0 Å². The molecular weight excluding hydrogens is 300 g/mol. The monoisotopic (exact) mass is 316 g/mol. The number of hydrogen-bond donors (Lipinski definition) is 2. The van der Waals surface area contributed by atoms with E-state index in [-0.39, 0.29) is 24.7 Å². The van der Waals surface area contributed by atoms with Crippen LogP contribution in [-0.4, -0.2) is 39.7 Å². The lowest BCUT2D eigenvalue weighted by Gasteiger charge is -2.29. The third kappa shape index (κ3) is 2.94. The molecule has 2 N–H and O–H groups in total. The second kappa shape index (κ2) is 5.83. The van der Waals surface area contributed by atoms with Gasteiger partial charge in [0.1, 0.15) is 6.04 Å². The van der Waals surface area contributed by atoms with Crippen LogP contribution in [0.3, 0.4) is 0 Å². The summed E-state index contributed by atoms with van der Waals surface area (Å²) in [6.45, 7) is 0.333. The molecule has 23 heavy (non-hydrogen) atoms. The molecule has 1 fully saturated rings. The van der Waals surface area contributed by atoms with Crippen molar-refractivity contribution >= 4 is 23.7 Å². The van der Waals surface area contributed by atoms with Gasteiger partial charge in [0.25, 0.3) is 5.91 Å². The summed E-state index contributed by atoms with van der Waals surface area (Å²) >= 11 is 0. The Labute approximate surface area is 132 Å². The Morgan fingerprint density at radius 1 is 1.30 bits per heavy atom. The van der Waals surface area contributed by atoms with E-state index in [2.05, 4.69) is 5.32 Å². The van der Waals surface area contributed by atoms with E-state index in [1.807, 2.05) is 6.07 Å². The van der Waals surface area contributed by atoms with Gasteiger partial charge in [0.15, 0.2) is 0 Å². The number of piperidine rings is 1. The molecule has 2 aliphatic heterocycles. The molecule has 2 heterocycles. The van der Waals surface area contributed by atoms with Crippen molar-refractivity contribution in [2.45, 2.75) is 38.3 Å². The van der Waals surface area contributed by atoms with Crippen LogP contribution in [0.15, 0.2) is 18.2 Å². The average molecular weight is 316 g/mol. The summed E-state index contributed by atoms with van der Waals surface area (Å²) in [7, 11) is 0. The first-order valence-corrected chi connectivity index (χ1v) is 7.44. The van der Waals surface area contributed by atoms with E-state index in [0.717, 1.165) is 11.1 Å². The van der Waals surface area contributed by atoms with Crippen LogP contribution >= 0.6 is 0 Å². The van der Waals surface area contributed by atoms with E-state index in [9.17, 15) is 19.2 Å². The van der Waals surface area contributed by atoms with Crippen molar-refractivity contribution in [2.24, 2.45) is 0 Å². The Morgan fingerprint density at radius 2 is 2.09 bits per heavy atom. The first-order chi connectivity index (χ1) is 11.0. The zero-order chi connectivity index (χ0) is 16.6. The smallest absolute Gasteiger partial charge is 0.303 e. The predicted octanol–water partition coefficient (Wildman–Crippen LogP) is 0.465. The van der Waals surface area contributed by atoms with Gasteiger partial charge in [-0.15, -0.1) is 0 Å². The van der Waals surface area contributed by atoms with Gasteiger partial charge in [-0.05, 0) is 30.0 Å². The van der Waals surface area contributed by atoms with E-state index >= 15 is 0 Å². The highest BCUT2D eigenvalue weighted by Gasteiger charge is 2.38. The average Bonchev–Trinajstić information content (AvgIpc) is 2.82. The topological polar surface area (TPSA) is 104 Å². The lowest BCUT2D eigenvalue weighted by Crippen LogP contribution is -2.52. The molecule has 7 heteroatoms. The van der Waals surface area contributed by atoms with E-state index in [4.69, 9.17) is 5.11 Å². The summed E-state index contributed by atoms with van der Waals surface area (Å²) in [6, 6.07) is 4.68. The summed E-state index contributed by atoms with van der Waals surface area (Å²) in [5.41, 5.74) is 2.11. The maximum absolute atomic E-state index is 12.6. The van der Waals surface area contributed by atoms with Crippen LogP contribution in [-0.2, 0) is 27.3 Å². The van der Waals surface area contributed by atoms with Gasteiger partial charge in [-0.1, -0.05) is 12.1 Å². The highest BCUT2D eigenvalue weighted by molar-refractivity contribution is 6.05. The maximum atomic E-state index is 12.6. The second-order valence-electron chi connectivity index (χ2n) is 5.79. The summed E-state index contributed by atoms with van der Waals surface area (Å²) in [5.74, 6) is -1.88. The molecule has 0 radical (unpaired) electrons. The molecule has 1 unspecified atom stereocenters. The predicted molar refractivity (Wildman–Crippen MR) is 78.4 cm³/mol. The van der Waals surface area contributed by atoms with Gasteiger partial charge in [0.2, 0.25) is 11.8 Å². The van der Waals surface area contributed by atoms with Crippen LogP contribution in [0.25, 0.3) is 0 Å². The molecule has 1 saturated heterocycles. The van der Waals surface area contributed by atoms with Crippen molar-refractivity contribution in [3.05, 3.63) is 34.9 Å². The molecule has 1 aromatic carbocycles. The zero-order valence-corrected chi connectivity index (χ0v) is 12.4. The summed E-state index contributed by atoms with van der Waals surface area (Å²) < 4.78 is 0. The van der Waals surface area contributed by atoms with Crippen LogP contribution in [0.5, 0.6) is 0 Å². The normalized spacial score (nSPS) is 20.4. The first-order valence-electron chi connectivity index (χ1n) is 7.44. The fraction of sp³-hybridized carbons (Fsp3) is 0.375. The maximum Gasteiger partial charge on any atom is 0.303 e. The lowest BCUT2D eigenvalue weighted by atomic mass is 10.0. The van der Waals surface area contributed by atoms with Gasteiger partial charge in [0, 0.05) is 24.9 Å². The molecule has 0 spiro atoms. The van der Waals surface area contributed by atoms with Crippen LogP contribution in [0.1, 0.15) is 40.7 Å². The molecule has 7 nitrogen and oxygen atoms in total. The largest absolute Gasteiger partial charge is 0.481 e. The fourth-order valence-electron chi connectivity index (χ4n) is 3.01. The molecule has 2 aliphatic rings. The molecule has 0 aromatic heterocycles. The van der Waals surface area contributed by atoms with Gasteiger partial charge >= 0.3 is 5.97 Å². The summed E-state index contributed by atoms with van der Waals surface area (Å²) in [6.07, 6.45) is 0.912. The quantitative estimate of drug-likeness (QED) is 0.786. The number of hydrogen-bond acceptors (Lipinski definition) is 4. The molecule has 0 bridgehead atoms. The molecule has 120 valence electrons. The van der Waals surface area contributed by atoms with Crippen molar-refractivity contribution in [1.82, 2.24) is 10.2 Å². The number of carboxylic acid groups (broad SMARTS) is 1. The van der Waals surface area contributed by atoms with Crippen LogP contribution < -0.4 is 5.32 Å². The molecule has 0 aliphatic carbocycles. The number of fused-ring (bicyclic) bond motifs is 1. The lowest BCUT2D eigenvalue weighted by molar-refractivity contribution is -0.138. The fourth-order valence-corrected chi connectivity index (χ4v) is 3.01. The Kier molecular flexibility index (Phi) is 3.85. The van der Waals surface area contributed by atoms with Crippen LogP contribution in [0.2, 0.25) is 0 Å². The molecule has 0 saturated carbocycles. The SMILES string of the molecule is O=C(O)CCc1ccc2c(c1)C(=O)N(C1CCC(=O)NC1=O)C2. The van der Waals surface area contributed by atoms with Crippen molar-refractivity contribution in [3.8, 4) is 0 Å². The Balaban J connectivity index is 1.78. The number of carbonyl (C=O) groups is 4. The minimum absolute atomic E-state index is 0.00380. The Hall–Kier alpha value is -2.70. The number of nitrogens with zero attached hydrogens (tertiary/aromatic N) is 1. The Bertz CT molecular complexity index is 712. The number of amides is 3. The highest BCUT2D eigenvalue weighted by atomic mass is 16.4. The number of aliphatic carboxylic acids is 1. The van der Waals surface area contributed by atoms with Gasteiger partial charge < -0.3 is 10.0 Å².